The molecule has 2 aliphatic rings. The standard InChI is InChI=1S/C22H34N8O2/c1-3-4-16(2)30-6-5-22(14-30,15-31)28-19-11-18(17-12-24-20(23)25-13-17)26-21(27-19)29-7-9-32-10-8-29/h11-13,16,31H,3-10,14-15H2,1-2H3,(H2,23,24,25)(H,26,27,28)/t16?,22-/m0/s1. The maximum Gasteiger partial charge on any atom is 0.228 e. The van der Waals surface area contributed by atoms with Gasteiger partial charge < -0.3 is 25.8 Å². The molecule has 10 nitrogen and oxygen atoms in total. The molecule has 10 heteroatoms. The molecule has 4 N–H and O–H groups in total. The molecule has 2 aromatic rings. The molecule has 2 saturated heterocycles. The van der Waals surface area contributed by atoms with Crippen LogP contribution in [0.2, 0.25) is 0 Å². The van der Waals surface area contributed by atoms with Crippen LogP contribution in [-0.2, 0) is 4.74 Å². The Morgan fingerprint density at radius 2 is 1.97 bits per heavy atom. The van der Waals surface area contributed by atoms with Crippen LogP contribution in [0.4, 0.5) is 17.7 Å². The van der Waals surface area contributed by atoms with Crippen LogP contribution in [0.3, 0.4) is 0 Å². The number of nitrogen functional groups attached to an aromatic ring is 1. The van der Waals surface area contributed by atoms with Crippen molar-refractivity contribution in [2.45, 2.75) is 44.7 Å². The van der Waals surface area contributed by atoms with Gasteiger partial charge in [0.2, 0.25) is 11.9 Å². The van der Waals surface area contributed by atoms with Crippen molar-refractivity contribution in [2.24, 2.45) is 0 Å². The van der Waals surface area contributed by atoms with Gasteiger partial charge in [0.25, 0.3) is 0 Å². The van der Waals surface area contributed by atoms with E-state index in [0.29, 0.717) is 36.7 Å². The molecule has 0 aliphatic carbocycles. The van der Waals surface area contributed by atoms with Gasteiger partial charge in [-0.3, -0.25) is 4.90 Å². The maximum absolute atomic E-state index is 10.3. The van der Waals surface area contributed by atoms with Gasteiger partial charge >= 0.3 is 0 Å². The van der Waals surface area contributed by atoms with E-state index < -0.39 is 5.54 Å². The van der Waals surface area contributed by atoms with Crippen molar-refractivity contribution in [1.82, 2.24) is 24.8 Å². The number of morpholine rings is 1. The van der Waals surface area contributed by atoms with Crippen molar-refractivity contribution < 1.29 is 9.84 Å². The van der Waals surface area contributed by atoms with Crippen LogP contribution < -0.4 is 16.0 Å². The summed E-state index contributed by atoms with van der Waals surface area (Å²) >= 11 is 0. The Bertz CT molecular complexity index is 890. The number of aliphatic hydroxyl groups excluding tert-OH is 1. The first-order valence-corrected chi connectivity index (χ1v) is 11.4. The van der Waals surface area contributed by atoms with E-state index in [2.05, 4.69) is 38.9 Å². The lowest BCUT2D eigenvalue weighted by molar-refractivity contribution is 0.122. The molecule has 32 heavy (non-hydrogen) atoms. The second-order valence-corrected chi connectivity index (χ2v) is 8.79. The summed E-state index contributed by atoms with van der Waals surface area (Å²) in [5, 5.41) is 13.9. The summed E-state index contributed by atoms with van der Waals surface area (Å²) in [7, 11) is 0. The minimum Gasteiger partial charge on any atom is -0.394 e. The lowest BCUT2D eigenvalue weighted by Crippen LogP contribution is -2.46. The van der Waals surface area contributed by atoms with Gasteiger partial charge in [0.15, 0.2) is 0 Å². The highest BCUT2D eigenvalue weighted by molar-refractivity contribution is 5.64. The predicted molar refractivity (Wildman–Crippen MR) is 125 cm³/mol. The van der Waals surface area contributed by atoms with E-state index in [1.54, 1.807) is 12.4 Å². The molecule has 174 valence electrons. The zero-order valence-electron chi connectivity index (χ0n) is 19.0. The molecule has 0 saturated carbocycles. The van der Waals surface area contributed by atoms with Crippen molar-refractivity contribution in [3.8, 4) is 11.3 Å². The van der Waals surface area contributed by atoms with Gasteiger partial charge in [0.05, 0.1) is 31.1 Å². The molecule has 1 unspecified atom stereocenters. The molecule has 0 spiro atoms. The third-order valence-corrected chi connectivity index (χ3v) is 6.38. The Morgan fingerprint density at radius 3 is 2.66 bits per heavy atom. The van der Waals surface area contributed by atoms with Gasteiger partial charge in [-0.15, -0.1) is 0 Å². The number of hydrogen-bond donors (Lipinski definition) is 3. The average molecular weight is 443 g/mol. The summed E-state index contributed by atoms with van der Waals surface area (Å²) in [6.45, 7) is 9.00. The lowest BCUT2D eigenvalue weighted by atomic mass is 9.99. The molecule has 0 bridgehead atoms. The number of aromatic nitrogens is 4. The molecule has 4 heterocycles. The first kappa shape index (κ1) is 22.6. The van der Waals surface area contributed by atoms with E-state index in [0.717, 1.165) is 51.0 Å². The second kappa shape index (κ2) is 9.93. The highest BCUT2D eigenvalue weighted by Crippen LogP contribution is 2.30. The van der Waals surface area contributed by atoms with Gasteiger partial charge in [-0.05, 0) is 19.8 Å². The van der Waals surface area contributed by atoms with Crippen LogP contribution in [0.1, 0.15) is 33.1 Å². The minimum atomic E-state index is -0.437. The van der Waals surface area contributed by atoms with E-state index in [9.17, 15) is 5.11 Å². The van der Waals surface area contributed by atoms with Crippen molar-refractivity contribution in [3.63, 3.8) is 0 Å². The van der Waals surface area contributed by atoms with Gasteiger partial charge in [-0.2, -0.15) is 4.98 Å². The number of rotatable bonds is 8. The Labute approximate surface area is 189 Å². The summed E-state index contributed by atoms with van der Waals surface area (Å²) in [6.07, 6.45) is 6.50. The Kier molecular flexibility index (Phi) is 7.02. The zero-order valence-corrected chi connectivity index (χ0v) is 19.0. The van der Waals surface area contributed by atoms with E-state index in [-0.39, 0.29) is 12.6 Å². The highest BCUT2D eigenvalue weighted by atomic mass is 16.5. The second-order valence-electron chi connectivity index (χ2n) is 8.79. The Hall–Kier alpha value is -2.56. The van der Waals surface area contributed by atoms with Gasteiger partial charge in [-0.25, -0.2) is 15.0 Å². The summed E-state index contributed by atoms with van der Waals surface area (Å²) in [5.41, 5.74) is 6.71. The van der Waals surface area contributed by atoms with Crippen LogP contribution in [0, 0.1) is 0 Å². The summed E-state index contributed by atoms with van der Waals surface area (Å²) in [4.78, 5) is 22.4. The smallest absolute Gasteiger partial charge is 0.228 e. The number of nitrogens with one attached hydrogen (secondary N) is 1. The van der Waals surface area contributed by atoms with Gasteiger partial charge in [-0.1, -0.05) is 13.3 Å². The van der Waals surface area contributed by atoms with E-state index in [1.807, 2.05) is 6.07 Å². The monoisotopic (exact) mass is 442 g/mol. The molecule has 4 rings (SSSR count). The molecule has 2 aromatic heterocycles. The Balaban J connectivity index is 1.63. The van der Waals surface area contributed by atoms with Crippen LogP contribution in [0.25, 0.3) is 11.3 Å². The number of likely N-dealkylation sites (tertiary alicyclic amines) is 1. The van der Waals surface area contributed by atoms with E-state index in [4.69, 9.17) is 20.4 Å². The fourth-order valence-corrected chi connectivity index (χ4v) is 4.44. The van der Waals surface area contributed by atoms with Crippen LogP contribution in [-0.4, -0.2) is 87.5 Å². The summed E-state index contributed by atoms with van der Waals surface area (Å²) in [5.74, 6) is 1.54. The van der Waals surface area contributed by atoms with Crippen LogP contribution in [0.5, 0.6) is 0 Å². The molecular weight excluding hydrogens is 408 g/mol. The first-order chi connectivity index (χ1) is 15.5. The molecule has 2 atom stereocenters. The number of aliphatic hydroxyl groups is 1. The normalized spacial score (nSPS) is 22.8. The molecule has 0 aromatic carbocycles. The summed E-state index contributed by atoms with van der Waals surface area (Å²) in [6, 6.07) is 2.39. The third-order valence-electron chi connectivity index (χ3n) is 6.38. The first-order valence-electron chi connectivity index (χ1n) is 11.4. The van der Waals surface area contributed by atoms with E-state index in [1.165, 1.54) is 0 Å². The number of hydrogen-bond acceptors (Lipinski definition) is 10. The van der Waals surface area contributed by atoms with Crippen molar-refractivity contribution in [1.29, 1.82) is 0 Å². The quantitative estimate of drug-likeness (QED) is 0.552. The molecule has 0 amide bonds. The topological polar surface area (TPSA) is 126 Å². The number of anilines is 3. The zero-order chi connectivity index (χ0) is 22.6. The maximum atomic E-state index is 10.3. The number of nitrogens with zero attached hydrogens (tertiary/aromatic N) is 6. The van der Waals surface area contributed by atoms with Crippen LogP contribution >= 0.6 is 0 Å². The van der Waals surface area contributed by atoms with Gasteiger partial charge in [0.1, 0.15) is 5.82 Å². The largest absolute Gasteiger partial charge is 0.394 e. The van der Waals surface area contributed by atoms with Crippen LogP contribution in [0.15, 0.2) is 18.5 Å². The number of nitrogens with two attached hydrogens (primary N) is 1. The van der Waals surface area contributed by atoms with Crippen molar-refractivity contribution in [2.75, 3.05) is 62.0 Å². The SMILES string of the molecule is CCCC(C)N1CC[C@](CO)(Nc2cc(-c3cnc(N)nc3)nc(N3CCOCC3)n2)C1. The molecule has 2 aliphatic heterocycles. The summed E-state index contributed by atoms with van der Waals surface area (Å²) < 4.78 is 5.49. The minimum absolute atomic E-state index is 0.0412. The van der Waals surface area contributed by atoms with Crippen molar-refractivity contribution >= 4 is 17.7 Å². The highest BCUT2D eigenvalue weighted by Gasteiger charge is 2.39. The fourth-order valence-electron chi connectivity index (χ4n) is 4.44. The number of ether oxygens (including phenoxy) is 1. The van der Waals surface area contributed by atoms with Gasteiger partial charge in [0, 0.05) is 56.2 Å². The van der Waals surface area contributed by atoms with E-state index >= 15 is 0 Å². The molecular formula is C22H34N8O2. The lowest BCUT2D eigenvalue weighted by Gasteiger charge is -2.32. The molecule has 2 fully saturated rings. The Morgan fingerprint density at radius 1 is 1.22 bits per heavy atom. The fraction of sp³-hybridized carbons (Fsp3) is 0.636. The third kappa shape index (κ3) is 5.08. The average Bonchev–Trinajstić information content (AvgIpc) is 3.25. The van der Waals surface area contributed by atoms with Crippen molar-refractivity contribution in [3.05, 3.63) is 18.5 Å². The predicted octanol–water partition coefficient (Wildman–Crippen LogP) is 1.39. The molecule has 0 radical (unpaired) electrons.